The summed E-state index contributed by atoms with van der Waals surface area (Å²) in [6.07, 6.45) is 0. The van der Waals surface area contributed by atoms with E-state index in [0.29, 0.717) is 5.88 Å². The van der Waals surface area contributed by atoms with Gasteiger partial charge < -0.3 is 0 Å². The molecule has 0 bridgehead atoms. The Morgan fingerprint density at radius 1 is 1.31 bits per heavy atom. The van der Waals surface area contributed by atoms with Gasteiger partial charge >= 0.3 is 0 Å². The van der Waals surface area contributed by atoms with Crippen LogP contribution in [0.3, 0.4) is 0 Å². The normalized spacial score (nSPS) is 9.62. The Kier molecular flexibility index (Phi) is 2.15. The molecule has 0 aliphatic carbocycles. The maximum Gasteiger partial charge on any atom is 0.114 e. The summed E-state index contributed by atoms with van der Waals surface area (Å²) < 4.78 is 0. The molecule has 64 valence electrons. The van der Waals surface area contributed by atoms with Gasteiger partial charge in [-0.3, -0.25) is 0 Å². The summed E-state index contributed by atoms with van der Waals surface area (Å²) in [7, 11) is 0. The molecule has 0 aliphatic heterocycles. The van der Waals surface area contributed by atoms with Crippen molar-refractivity contribution in [3.8, 4) is 11.8 Å². The average molecular weight is 192 g/mol. The number of rotatable bonds is 0. The number of aromatic amines is 1. The highest BCUT2D eigenvalue weighted by Gasteiger charge is 1.96. The molecule has 1 aromatic carbocycles. The van der Waals surface area contributed by atoms with Crippen LogP contribution in [0.4, 0.5) is 0 Å². The predicted molar refractivity (Wildman–Crippen MR) is 51.5 cm³/mol. The van der Waals surface area contributed by atoms with Crippen molar-refractivity contribution >= 4 is 22.6 Å². The van der Waals surface area contributed by atoms with Crippen LogP contribution < -0.4 is 0 Å². The summed E-state index contributed by atoms with van der Waals surface area (Å²) in [6, 6.07) is 5.64. The molecule has 0 atom stereocenters. The van der Waals surface area contributed by atoms with Crippen LogP contribution in [-0.2, 0) is 0 Å². The van der Waals surface area contributed by atoms with Crippen molar-refractivity contribution < 1.29 is 0 Å². The van der Waals surface area contributed by atoms with Crippen LogP contribution in [0.2, 0.25) is 0 Å². The van der Waals surface area contributed by atoms with Gasteiger partial charge in [0.15, 0.2) is 0 Å². The quantitative estimate of drug-likeness (QED) is 0.507. The molecule has 2 aromatic rings. The van der Waals surface area contributed by atoms with Gasteiger partial charge in [-0.15, -0.1) is 11.6 Å². The van der Waals surface area contributed by atoms with E-state index in [1.54, 1.807) is 0 Å². The minimum Gasteiger partial charge on any atom is -0.197 e. The molecule has 1 N–H and O–H groups in total. The van der Waals surface area contributed by atoms with E-state index < -0.39 is 0 Å². The topological polar surface area (TPSA) is 41.6 Å². The van der Waals surface area contributed by atoms with E-state index in [-0.39, 0.29) is 0 Å². The largest absolute Gasteiger partial charge is 0.197 e. The van der Waals surface area contributed by atoms with E-state index in [0.717, 1.165) is 16.6 Å². The summed E-state index contributed by atoms with van der Waals surface area (Å²) in [4.78, 5) is 0. The van der Waals surface area contributed by atoms with E-state index in [9.17, 15) is 0 Å². The molecule has 0 unspecified atom stereocenters. The van der Waals surface area contributed by atoms with Gasteiger partial charge in [0.05, 0.1) is 5.88 Å². The van der Waals surface area contributed by atoms with Crippen LogP contribution in [0.15, 0.2) is 18.2 Å². The van der Waals surface area contributed by atoms with Crippen molar-refractivity contribution in [2.24, 2.45) is 0 Å². The Balaban J connectivity index is 2.48. The Morgan fingerprint density at radius 2 is 2.15 bits per heavy atom. The first-order chi connectivity index (χ1) is 6.40. The molecule has 0 radical (unpaired) electrons. The molecule has 13 heavy (non-hydrogen) atoms. The number of halogens is 1. The second-order valence-electron chi connectivity index (χ2n) is 2.46. The van der Waals surface area contributed by atoms with Gasteiger partial charge in [-0.2, -0.15) is 15.4 Å². The molecule has 0 amide bonds. The number of H-pyrrole nitrogens is 1. The Bertz CT molecular complexity index is 478. The highest BCUT2D eigenvalue weighted by Crippen LogP contribution is 2.09. The van der Waals surface area contributed by atoms with Gasteiger partial charge in [0.2, 0.25) is 0 Å². The standard InChI is InChI=1S/C9H6ClN3/c10-5-1-2-7-3-4-8-9(6-7)12-13-11-8/h3-4,6H,5H2,(H,11,12,13). The van der Waals surface area contributed by atoms with E-state index in [1.165, 1.54) is 0 Å². The highest BCUT2D eigenvalue weighted by atomic mass is 35.5. The second-order valence-corrected chi connectivity index (χ2v) is 2.73. The number of benzene rings is 1. The molecule has 0 fully saturated rings. The van der Waals surface area contributed by atoms with E-state index in [2.05, 4.69) is 27.3 Å². The molecule has 3 nitrogen and oxygen atoms in total. The first-order valence-corrected chi connectivity index (χ1v) is 4.29. The predicted octanol–water partition coefficient (Wildman–Crippen LogP) is 1.55. The minimum atomic E-state index is 0.344. The smallest absolute Gasteiger partial charge is 0.114 e. The second kappa shape index (κ2) is 3.46. The first-order valence-electron chi connectivity index (χ1n) is 3.75. The average Bonchev–Trinajstić information content (AvgIpc) is 2.61. The zero-order valence-electron chi connectivity index (χ0n) is 6.71. The number of alkyl halides is 1. The molecule has 0 saturated carbocycles. The number of nitrogens with one attached hydrogen (secondary N) is 1. The van der Waals surface area contributed by atoms with Crippen LogP contribution in [-0.4, -0.2) is 21.3 Å². The van der Waals surface area contributed by atoms with Gasteiger partial charge in [-0.1, -0.05) is 11.8 Å². The first kappa shape index (κ1) is 8.09. The molecule has 0 spiro atoms. The SMILES string of the molecule is ClCC#Cc1ccc2n[nH]nc2c1. The fraction of sp³-hybridized carbons (Fsp3) is 0.111. The Morgan fingerprint density at radius 3 is 3.00 bits per heavy atom. The van der Waals surface area contributed by atoms with Crippen molar-refractivity contribution in [1.82, 2.24) is 15.4 Å². The molecular weight excluding hydrogens is 186 g/mol. The van der Waals surface area contributed by atoms with Crippen LogP contribution in [0, 0.1) is 11.8 Å². The van der Waals surface area contributed by atoms with Crippen LogP contribution in [0.1, 0.15) is 5.56 Å². The number of hydrogen-bond donors (Lipinski definition) is 1. The molecule has 0 saturated heterocycles. The number of fused-ring (bicyclic) bond motifs is 1. The summed E-state index contributed by atoms with van der Waals surface area (Å²) in [5.41, 5.74) is 2.57. The van der Waals surface area contributed by atoms with Crippen LogP contribution in [0.5, 0.6) is 0 Å². The van der Waals surface area contributed by atoms with E-state index >= 15 is 0 Å². The molecule has 2 rings (SSSR count). The monoisotopic (exact) mass is 191 g/mol. The van der Waals surface area contributed by atoms with Gasteiger partial charge in [-0.25, -0.2) is 0 Å². The molecule has 4 heteroatoms. The van der Waals surface area contributed by atoms with Gasteiger partial charge in [0.25, 0.3) is 0 Å². The van der Waals surface area contributed by atoms with Crippen molar-refractivity contribution in [1.29, 1.82) is 0 Å². The molecule has 1 heterocycles. The lowest BCUT2D eigenvalue weighted by atomic mass is 10.2. The molecule has 1 aromatic heterocycles. The van der Waals surface area contributed by atoms with Crippen molar-refractivity contribution in [3.63, 3.8) is 0 Å². The fourth-order valence-corrected chi connectivity index (χ4v) is 1.12. The Hall–Kier alpha value is -1.53. The summed E-state index contributed by atoms with van der Waals surface area (Å²) in [5, 5.41) is 10.4. The third-order valence-electron chi connectivity index (χ3n) is 1.62. The highest BCUT2D eigenvalue weighted by molar-refractivity contribution is 6.19. The van der Waals surface area contributed by atoms with E-state index in [1.807, 2.05) is 18.2 Å². The van der Waals surface area contributed by atoms with Crippen LogP contribution in [0.25, 0.3) is 11.0 Å². The number of aromatic nitrogens is 3. The maximum absolute atomic E-state index is 5.44. The van der Waals surface area contributed by atoms with Crippen LogP contribution >= 0.6 is 11.6 Å². The van der Waals surface area contributed by atoms with Crippen molar-refractivity contribution in [2.75, 3.05) is 5.88 Å². The maximum atomic E-state index is 5.44. The molecular formula is C9H6ClN3. The Labute approximate surface area is 80.1 Å². The van der Waals surface area contributed by atoms with E-state index in [4.69, 9.17) is 11.6 Å². The fourth-order valence-electron chi connectivity index (χ4n) is 1.05. The van der Waals surface area contributed by atoms with Gasteiger partial charge in [0.1, 0.15) is 11.0 Å². The third-order valence-corrected chi connectivity index (χ3v) is 1.75. The molecule has 0 aliphatic rings. The van der Waals surface area contributed by atoms with Crippen molar-refractivity contribution in [3.05, 3.63) is 23.8 Å². The lowest BCUT2D eigenvalue weighted by molar-refractivity contribution is 0.959. The van der Waals surface area contributed by atoms with Gasteiger partial charge in [-0.05, 0) is 18.2 Å². The van der Waals surface area contributed by atoms with Gasteiger partial charge in [0, 0.05) is 5.56 Å². The lowest BCUT2D eigenvalue weighted by Gasteiger charge is -1.87. The number of hydrogen-bond acceptors (Lipinski definition) is 2. The summed E-state index contributed by atoms with van der Waals surface area (Å²) in [5.74, 6) is 6.04. The zero-order chi connectivity index (χ0) is 9.10. The number of nitrogens with zero attached hydrogens (tertiary/aromatic N) is 2. The minimum absolute atomic E-state index is 0.344. The zero-order valence-corrected chi connectivity index (χ0v) is 7.47. The van der Waals surface area contributed by atoms with Crippen molar-refractivity contribution in [2.45, 2.75) is 0 Å². The summed E-state index contributed by atoms with van der Waals surface area (Å²) in [6.45, 7) is 0. The third kappa shape index (κ3) is 1.63. The lowest BCUT2D eigenvalue weighted by Crippen LogP contribution is -1.75. The summed E-state index contributed by atoms with van der Waals surface area (Å²) >= 11 is 5.44.